The van der Waals surface area contributed by atoms with Gasteiger partial charge in [-0.1, -0.05) is 45.9 Å². The van der Waals surface area contributed by atoms with Gasteiger partial charge in [0, 0.05) is 100 Å². The summed E-state index contributed by atoms with van der Waals surface area (Å²) in [5.41, 5.74) is -3.48. The molecule has 10 atom stereocenters. The summed E-state index contributed by atoms with van der Waals surface area (Å²) in [7, 11) is 2.72. The number of rotatable bonds is 9. The Morgan fingerprint density at radius 1 is 0.890 bits per heavy atom. The second-order valence-corrected chi connectivity index (χ2v) is 22.5. The number of hydrogen-bond donors (Lipinski definition) is 6. The maximum absolute atomic E-state index is 16.2. The number of aromatic carboxylic acids is 1. The van der Waals surface area contributed by atoms with Crippen molar-refractivity contribution in [3.05, 3.63) is 104 Å². The molecular weight excluding hydrogens is 1070 g/mol. The number of carboxylic acids is 1. The second-order valence-electron chi connectivity index (χ2n) is 22.5. The highest BCUT2D eigenvalue weighted by Gasteiger charge is 2.54. The number of aliphatic hydroxyl groups excluding tert-OH is 2. The highest BCUT2D eigenvalue weighted by Crippen LogP contribution is 2.50. The van der Waals surface area contributed by atoms with Gasteiger partial charge in [0.15, 0.2) is 11.6 Å². The van der Waals surface area contributed by atoms with E-state index in [-0.39, 0.29) is 82.7 Å². The Labute approximate surface area is 471 Å². The van der Waals surface area contributed by atoms with E-state index in [1.54, 1.807) is 43.2 Å². The van der Waals surface area contributed by atoms with Gasteiger partial charge in [-0.05, 0) is 45.3 Å². The zero-order valence-electron chi connectivity index (χ0n) is 47.2. The molecule has 82 heavy (non-hydrogen) atoms. The van der Waals surface area contributed by atoms with Crippen LogP contribution in [0.4, 0.5) is 10.1 Å². The second kappa shape index (κ2) is 22.5. The number of ketones is 3. The molecule has 23 heteroatoms. The highest BCUT2D eigenvalue weighted by molar-refractivity contribution is 6.32. The third-order valence-corrected chi connectivity index (χ3v) is 16.9. The average molecular weight is 1140 g/mol. The molecule has 2 aromatic carbocycles. The molecule has 3 fully saturated rings. The molecule has 6 heterocycles. The summed E-state index contributed by atoms with van der Waals surface area (Å²) < 4.78 is 47.3. The van der Waals surface area contributed by atoms with Crippen LogP contribution in [0, 0.1) is 42.3 Å². The Kier molecular flexibility index (Phi) is 16.1. The first-order valence-electron chi connectivity index (χ1n) is 27.3. The van der Waals surface area contributed by atoms with Gasteiger partial charge in [-0.3, -0.25) is 33.6 Å². The van der Waals surface area contributed by atoms with Gasteiger partial charge >= 0.3 is 17.7 Å². The minimum Gasteiger partial charge on any atom is -0.507 e. The number of fused-ring (bicyclic) bond motifs is 15. The Hall–Kier alpha value is -7.89. The van der Waals surface area contributed by atoms with Crippen molar-refractivity contribution < 1.29 is 82.1 Å². The first-order valence-corrected chi connectivity index (χ1v) is 27.3. The fourth-order valence-corrected chi connectivity index (χ4v) is 11.9. The molecule has 0 radical (unpaired) electrons. The van der Waals surface area contributed by atoms with Crippen LogP contribution in [0.5, 0.6) is 17.2 Å². The molecule has 10 rings (SSSR count). The van der Waals surface area contributed by atoms with Gasteiger partial charge in [-0.2, -0.15) is 0 Å². The van der Waals surface area contributed by atoms with E-state index in [1.807, 2.05) is 0 Å². The number of carbonyl (C=O) groups excluding carboxylic acids is 6. The minimum atomic E-state index is -2.20. The number of benzene rings is 2. The number of pyridine rings is 1. The van der Waals surface area contributed by atoms with Crippen molar-refractivity contribution in [1.82, 2.24) is 20.1 Å². The monoisotopic (exact) mass is 1140 g/mol. The van der Waals surface area contributed by atoms with Crippen LogP contribution in [0.3, 0.4) is 0 Å². The lowest BCUT2D eigenvalue weighted by atomic mass is 9.78. The predicted octanol–water partition coefficient (Wildman–Crippen LogP) is 4.78. The maximum Gasteiger partial charge on any atom is 0.341 e. The van der Waals surface area contributed by atoms with Gasteiger partial charge in [0.05, 0.1) is 65.2 Å². The number of aromatic nitrogens is 1. The van der Waals surface area contributed by atoms with E-state index in [1.165, 1.54) is 71.2 Å². The number of amides is 2. The van der Waals surface area contributed by atoms with Crippen LogP contribution in [0.25, 0.3) is 10.9 Å². The van der Waals surface area contributed by atoms with Crippen molar-refractivity contribution in [2.75, 3.05) is 45.3 Å². The van der Waals surface area contributed by atoms with Crippen molar-refractivity contribution >= 4 is 57.7 Å². The van der Waals surface area contributed by atoms with E-state index in [9.17, 15) is 54.0 Å². The number of likely N-dealkylation sites (tertiary alicyclic amines) is 1. The molecule has 2 saturated heterocycles. The largest absolute Gasteiger partial charge is 0.507 e. The number of nitrogens with one attached hydrogen (secondary N) is 2. The van der Waals surface area contributed by atoms with Crippen LogP contribution in [0.15, 0.2) is 64.6 Å². The minimum absolute atomic E-state index is 0.0362. The normalized spacial score (nSPS) is 29.6. The van der Waals surface area contributed by atoms with Crippen LogP contribution in [0.1, 0.15) is 121 Å². The number of Topliss-reactive ketones (excluding diaryl/α,β-unsaturated/α-hetero) is 3. The van der Waals surface area contributed by atoms with E-state index < -0.39 is 146 Å². The number of phenols is 1. The molecule has 1 saturated carbocycles. The van der Waals surface area contributed by atoms with E-state index in [4.69, 9.17) is 23.7 Å². The van der Waals surface area contributed by atoms with Gasteiger partial charge < -0.3 is 69.1 Å². The number of anilines is 1. The van der Waals surface area contributed by atoms with Crippen molar-refractivity contribution in [3.63, 3.8) is 0 Å². The van der Waals surface area contributed by atoms with Gasteiger partial charge in [0.25, 0.3) is 11.7 Å². The number of methoxy groups -OCH3 is 2. The topological polar surface area (TPSA) is 299 Å². The molecule has 1 aromatic heterocycles. The summed E-state index contributed by atoms with van der Waals surface area (Å²) in [5.74, 6) is -13.8. The molecular formula is C59H68FN5O17. The molecule has 22 nitrogen and oxygen atoms in total. The number of esters is 1. The molecule has 6 N–H and O–H groups in total. The predicted molar refractivity (Wildman–Crippen MR) is 292 cm³/mol. The molecule has 2 aliphatic carbocycles. The number of phenolic OH excluding ortho intramolecular Hbond substituents is 1. The van der Waals surface area contributed by atoms with Crippen LogP contribution in [0.2, 0.25) is 0 Å². The number of aliphatic hydroxyl groups is 2. The van der Waals surface area contributed by atoms with Crippen LogP contribution < -0.4 is 30.4 Å². The fraction of sp³-hybridized carbons (Fsp3) is 0.492. The van der Waals surface area contributed by atoms with Gasteiger partial charge in [0.1, 0.15) is 40.2 Å². The number of nitrogens with zero attached hydrogens (tertiary/aromatic N) is 3. The third-order valence-electron chi connectivity index (χ3n) is 16.9. The molecule has 0 spiro atoms. The Balaban J connectivity index is 1.02. The summed E-state index contributed by atoms with van der Waals surface area (Å²) in [6, 6.07) is 0.369. The summed E-state index contributed by atoms with van der Waals surface area (Å²) in [6.45, 7) is 12.1. The number of aromatic hydroxyl groups is 1. The van der Waals surface area contributed by atoms with E-state index in [0.717, 1.165) is 25.2 Å². The van der Waals surface area contributed by atoms with Crippen molar-refractivity contribution in [2.24, 2.45) is 29.6 Å². The number of hydrogen-bond acceptors (Lipinski definition) is 18. The first kappa shape index (κ1) is 58.8. The average Bonchev–Trinajstić information content (AvgIpc) is 3.79. The third kappa shape index (κ3) is 10.3. The zero-order valence-corrected chi connectivity index (χ0v) is 47.2. The number of carbonyl (C=O) groups is 7. The maximum atomic E-state index is 16.2. The number of ether oxygens (including phenoxy) is 5. The van der Waals surface area contributed by atoms with E-state index in [2.05, 4.69) is 10.6 Å². The first-order chi connectivity index (χ1) is 38.7. The van der Waals surface area contributed by atoms with Crippen LogP contribution in [-0.4, -0.2) is 148 Å². The summed E-state index contributed by atoms with van der Waals surface area (Å²) in [5, 5.41) is 50.1. The lowest BCUT2D eigenvalue weighted by molar-refractivity contribution is -0.160. The zero-order chi connectivity index (χ0) is 59.7. The number of halogens is 1. The Bertz CT molecular complexity index is 3410. The van der Waals surface area contributed by atoms with Crippen molar-refractivity contribution in [1.29, 1.82) is 0 Å². The molecule has 1 unspecified atom stereocenters. The molecule has 438 valence electrons. The highest BCUT2D eigenvalue weighted by atomic mass is 19.1. The smallest absolute Gasteiger partial charge is 0.341 e. The van der Waals surface area contributed by atoms with Gasteiger partial charge in [-0.25, -0.2) is 9.18 Å². The summed E-state index contributed by atoms with van der Waals surface area (Å²) in [6.07, 6.45) is 5.94. The molecule has 7 aliphatic rings. The fourth-order valence-electron chi connectivity index (χ4n) is 11.9. The Morgan fingerprint density at radius 2 is 1.59 bits per heavy atom. The summed E-state index contributed by atoms with van der Waals surface area (Å²) in [4.78, 5) is 114. The molecule has 3 aromatic rings. The van der Waals surface area contributed by atoms with Crippen LogP contribution >= 0.6 is 0 Å². The van der Waals surface area contributed by atoms with Gasteiger partial charge in [-0.15, -0.1) is 0 Å². The van der Waals surface area contributed by atoms with Crippen LogP contribution in [-0.2, 0) is 28.6 Å². The van der Waals surface area contributed by atoms with Gasteiger partial charge in [0.2, 0.25) is 22.9 Å². The lowest BCUT2D eigenvalue weighted by Gasteiger charge is -2.43. The SMILES string of the molecule is COc1c(N2CCC(NC(=O)C3CN(C4=C5NC(=O)/C(C)=C\C=C\[C@H](C)[C@H](O)[C@H](C)[C@H](O)[C@@H](C)[C@@H](OC(C)=O)[C@H](C)[C@@H](OC)/C=C/O[C@@]6(C)Oc7c(C)c(O)c(c(c7C6=O)C4=O)C5=O)C3)C2)c(F)cc2c(=O)c(C(=O)O)cn(C3CC3)c12. The van der Waals surface area contributed by atoms with Crippen molar-refractivity contribution in [3.8, 4) is 17.2 Å². The summed E-state index contributed by atoms with van der Waals surface area (Å²) >= 11 is 0. The Morgan fingerprint density at radius 3 is 2.22 bits per heavy atom. The van der Waals surface area contributed by atoms with E-state index >= 15 is 9.18 Å². The van der Waals surface area contributed by atoms with E-state index in [0.29, 0.717) is 6.42 Å². The quantitative estimate of drug-likeness (QED) is 0.157. The molecule has 5 bridgehead atoms. The molecule has 2 amide bonds. The number of allylic oxidation sites excluding steroid dienone is 4. The molecule has 5 aliphatic heterocycles. The lowest BCUT2D eigenvalue weighted by Crippen LogP contribution is -2.57. The standard InChI is InChI=1S/C59H68FN5O17/c1-25-12-11-13-26(2)56(74)62-42-45(64-21-32(22-64)57(75)61-33-16-18-63(23-33)44-37(60)20-35-43(54(44)79-10)65(34-14-15-34)24-36(49(35)70)58(76)77)51(72)39-40(50(42)71)48(69)30(6)53-41(39)55(73)59(8,82-53)80-19-17-38(78-9)27(3)52(81-31(7)66)29(5)47(68)28(4)46(25)67/h11-13,17,19-20,24-25,27-29,32-34,38,46-47,52,67-69H,14-16,18,21-23H2,1-10H3,(H,61,75)(H,62,74)(H,76,77)/b12-11+,19-17+,26-13-/t25-,27+,28-,29+,33?,38-,46-,47-,52-,59-/m0/s1. The van der Waals surface area contributed by atoms with Crippen molar-refractivity contribution in [2.45, 2.75) is 117 Å². The number of carboxylic acid groups (broad SMARTS) is 1.